The summed E-state index contributed by atoms with van der Waals surface area (Å²) in [5.74, 6) is -0.166. The van der Waals surface area contributed by atoms with Crippen LogP contribution < -0.4 is 10.9 Å². The summed E-state index contributed by atoms with van der Waals surface area (Å²) in [6.45, 7) is 8.13. The molecule has 7 heteroatoms. The number of aromatic nitrogens is 2. The molecule has 1 aromatic carbocycles. The third-order valence-corrected chi connectivity index (χ3v) is 5.66. The monoisotopic (exact) mass is 386 g/mol. The molecule has 0 spiro atoms. The van der Waals surface area contributed by atoms with Crippen LogP contribution in [0.2, 0.25) is 0 Å². The lowest BCUT2D eigenvalue weighted by Crippen LogP contribution is -2.49. The van der Waals surface area contributed by atoms with Gasteiger partial charge >= 0.3 is 0 Å². The van der Waals surface area contributed by atoms with E-state index in [1.165, 1.54) is 11.8 Å². The predicted molar refractivity (Wildman–Crippen MR) is 109 cm³/mol. The Bertz CT molecular complexity index is 916. The lowest BCUT2D eigenvalue weighted by Gasteiger charge is -2.27. The lowest BCUT2D eigenvalue weighted by atomic mass is 9.90. The quantitative estimate of drug-likeness (QED) is 0.555. The van der Waals surface area contributed by atoms with Crippen molar-refractivity contribution in [2.24, 2.45) is 5.92 Å². The fourth-order valence-electron chi connectivity index (χ4n) is 2.53. The number of fused-ring (bicyclic) bond motifs is 1. The first-order valence-corrected chi connectivity index (χ1v) is 10.2. The van der Waals surface area contributed by atoms with Crippen LogP contribution in [-0.4, -0.2) is 26.8 Å². The van der Waals surface area contributed by atoms with E-state index in [0.717, 1.165) is 12.8 Å². The number of thioether (sulfide) groups is 1. The van der Waals surface area contributed by atoms with Crippen molar-refractivity contribution in [1.82, 2.24) is 14.9 Å². The number of hydrogen-bond donors (Lipinski definition) is 1. The maximum absolute atomic E-state index is 12.8. The number of amides is 1. The predicted octanol–water partition coefficient (Wildman–Crippen LogP) is 3.34. The molecule has 0 aliphatic heterocycles. The Labute approximate surface area is 164 Å². The molecule has 1 amide bonds. The van der Waals surface area contributed by atoms with Gasteiger partial charge in [-0.3, -0.25) is 14.2 Å². The zero-order chi connectivity index (χ0) is 20.0. The number of para-hydroxylation sites is 1. The lowest BCUT2D eigenvalue weighted by molar-refractivity contribution is -0.120. The Kier molecular flexibility index (Phi) is 7.03. The van der Waals surface area contributed by atoms with E-state index >= 15 is 0 Å². The molecule has 0 unspecified atom stereocenters. The van der Waals surface area contributed by atoms with Crippen molar-refractivity contribution in [3.8, 4) is 6.07 Å². The SMILES string of the molecule is CCCCn1c(SCC(=O)N[C@](C)(C#N)C(C)C)nc2ccccc2c1=O. The molecular formula is C20H26N4O2S. The summed E-state index contributed by atoms with van der Waals surface area (Å²) >= 11 is 1.23. The van der Waals surface area contributed by atoms with E-state index in [2.05, 4.69) is 23.3 Å². The molecule has 6 nitrogen and oxygen atoms in total. The Balaban J connectivity index is 2.26. The Hall–Kier alpha value is -2.33. The first kappa shape index (κ1) is 21.0. The van der Waals surface area contributed by atoms with Crippen LogP contribution in [0.25, 0.3) is 10.9 Å². The first-order chi connectivity index (χ1) is 12.8. The average Bonchev–Trinajstić information content (AvgIpc) is 2.65. The van der Waals surface area contributed by atoms with Crippen molar-refractivity contribution in [2.45, 2.75) is 57.8 Å². The summed E-state index contributed by atoms with van der Waals surface area (Å²) in [5, 5.41) is 13.3. The van der Waals surface area contributed by atoms with Gasteiger partial charge in [0.2, 0.25) is 5.91 Å². The number of hydrogen-bond acceptors (Lipinski definition) is 5. The van der Waals surface area contributed by atoms with Crippen LogP contribution in [0, 0.1) is 17.2 Å². The second-order valence-corrected chi connectivity index (χ2v) is 7.97. The van der Waals surface area contributed by atoms with Crippen LogP contribution in [0.1, 0.15) is 40.5 Å². The highest BCUT2D eigenvalue weighted by Crippen LogP contribution is 2.20. The molecule has 0 fully saturated rings. The molecule has 0 saturated heterocycles. The molecule has 144 valence electrons. The number of benzene rings is 1. The van der Waals surface area contributed by atoms with Crippen LogP contribution in [0.15, 0.2) is 34.2 Å². The van der Waals surface area contributed by atoms with Gasteiger partial charge < -0.3 is 5.32 Å². The minimum atomic E-state index is -0.920. The Morgan fingerprint density at radius 1 is 1.41 bits per heavy atom. The Morgan fingerprint density at radius 2 is 2.11 bits per heavy atom. The Morgan fingerprint density at radius 3 is 2.74 bits per heavy atom. The van der Waals surface area contributed by atoms with Gasteiger partial charge in [0.05, 0.1) is 22.7 Å². The van der Waals surface area contributed by atoms with Crippen molar-refractivity contribution in [2.75, 3.05) is 5.75 Å². The second kappa shape index (κ2) is 9.05. The molecule has 0 radical (unpaired) electrons. The van der Waals surface area contributed by atoms with Gasteiger partial charge in [0.15, 0.2) is 5.16 Å². The maximum Gasteiger partial charge on any atom is 0.262 e. The number of nitrogens with one attached hydrogen (secondary N) is 1. The van der Waals surface area contributed by atoms with Gasteiger partial charge in [-0.25, -0.2) is 4.98 Å². The van der Waals surface area contributed by atoms with Gasteiger partial charge in [0, 0.05) is 6.54 Å². The molecule has 2 aromatic rings. The van der Waals surface area contributed by atoms with Gasteiger partial charge in [-0.1, -0.05) is 51.1 Å². The van der Waals surface area contributed by atoms with Gasteiger partial charge in [0.25, 0.3) is 5.56 Å². The van der Waals surface area contributed by atoms with E-state index in [-0.39, 0.29) is 23.1 Å². The molecule has 1 aromatic heterocycles. The van der Waals surface area contributed by atoms with Crippen molar-refractivity contribution in [3.63, 3.8) is 0 Å². The zero-order valence-electron chi connectivity index (χ0n) is 16.3. The van der Waals surface area contributed by atoms with E-state index in [9.17, 15) is 14.9 Å². The van der Waals surface area contributed by atoms with Crippen LogP contribution in [0.5, 0.6) is 0 Å². The van der Waals surface area contributed by atoms with Crippen molar-refractivity contribution < 1.29 is 4.79 Å². The normalized spacial score (nSPS) is 13.3. The van der Waals surface area contributed by atoms with Gasteiger partial charge in [-0.2, -0.15) is 5.26 Å². The molecule has 1 heterocycles. The summed E-state index contributed by atoms with van der Waals surface area (Å²) in [5.41, 5.74) is -0.376. The van der Waals surface area contributed by atoms with Crippen molar-refractivity contribution in [3.05, 3.63) is 34.6 Å². The summed E-state index contributed by atoms with van der Waals surface area (Å²) in [6.07, 6.45) is 1.82. The number of unbranched alkanes of at least 4 members (excludes halogenated alkanes) is 1. The third kappa shape index (κ3) is 4.89. The van der Waals surface area contributed by atoms with E-state index in [1.54, 1.807) is 23.6 Å². The number of nitrogens with zero attached hydrogens (tertiary/aromatic N) is 3. The maximum atomic E-state index is 12.8. The molecule has 0 aliphatic carbocycles. The van der Waals surface area contributed by atoms with E-state index in [4.69, 9.17) is 0 Å². The highest BCUT2D eigenvalue weighted by atomic mass is 32.2. The minimum Gasteiger partial charge on any atom is -0.337 e. The smallest absolute Gasteiger partial charge is 0.262 e. The summed E-state index contributed by atoms with van der Waals surface area (Å²) < 4.78 is 1.65. The minimum absolute atomic E-state index is 0.0158. The highest BCUT2D eigenvalue weighted by Gasteiger charge is 2.30. The van der Waals surface area contributed by atoms with Gasteiger partial charge in [-0.05, 0) is 31.4 Å². The van der Waals surface area contributed by atoms with E-state index in [1.807, 2.05) is 26.0 Å². The molecule has 0 bridgehead atoms. The van der Waals surface area contributed by atoms with Crippen LogP contribution in [0.4, 0.5) is 0 Å². The van der Waals surface area contributed by atoms with Crippen LogP contribution >= 0.6 is 11.8 Å². The van der Waals surface area contributed by atoms with Crippen molar-refractivity contribution >= 4 is 28.6 Å². The molecular weight excluding hydrogens is 360 g/mol. The molecule has 1 atom stereocenters. The number of nitriles is 1. The number of rotatable bonds is 8. The number of carbonyl (C=O) groups is 1. The van der Waals surface area contributed by atoms with Crippen molar-refractivity contribution in [1.29, 1.82) is 5.26 Å². The molecule has 1 N–H and O–H groups in total. The topological polar surface area (TPSA) is 87.8 Å². The molecule has 27 heavy (non-hydrogen) atoms. The highest BCUT2D eigenvalue weighted by molar-refractivity contribution is 7.99. The second-order valence-electron chi connectivity index (χ2n) is 7.03. The summed E-state index contributed by atoms with van der Waals surface area (Å²) in [7, 11) is 0. The van der Waals surface area contributed by atoms with Gasteiger partial charge in [0.1, 0.15) is 5.54 Å². The first-order valence-electron chi connectivity index (χ1n) is 9.17. The standard InChI is InChI=1S/C20H26N4O2S/c1-5-6-11-24-18(26)15-9-7-8-10-16(15)22-19(24)27-12-17(25)23-20(4,13-21)14(2)3/h7-10,14H,5-6,11-12H2,1-4H3,(H,23,25)/t20-/m1/s1. The van der Waals surface area contributed by atoms with Gasteiger partial charge in [-0.15, -0.1) is 0 Å². The summed E-state index contributed by atoms with van der Waals surface area (Å²) in [4.78, 5) is 29.8. The molecule has 2 rings (SSSR count). The summed E-state index contributed by atoms with van der Waals surface area (Å²) in [6, 6.07) is 9.41. The van der Waals surface area contributed by atoms with E-state index in [0.29, 0.717) is 22.6 Å². The van der Waals surface area contributed by atoms with E-state index < -0.39 is 5.54 Å². The average molecular weight is 387 g/mol. The fourth-order valence-corrected chi connectivity index (χ4v) is 3.35. The van der Waals surface area contributed by atoms with Crippen LogP contribution in [0.3, 0.4) is 0 Å². The largest absolute Gasteiger partial charge is 0.337 e. The number of carbonyl (C=O) groups excluding carboxylic acids is 1. The fraction of sp³-hybridized carbons (Fsp3) is 0.500. The van der Waals surface area contributed by atoms with Crippen LogP contribution in [-0.2, 0) is 11.3 Å². The third-order valence-electron chi connectivity index (χ3n) is 4.68. The zero-order valence-corrected chi connectivity index (χ0v) is 17.1. The molecule has 0 aliphatic rings. The molecule has 0 saturated carbocycles.